The van der Waals surface area contributed by atoms with Crippen LogP contribution in [0.3, 0.4) is 0 Å². The number of piperazine rings is 1. The molecule has 2 saturated heterocycles. The Labute approximate surface area is 232 Å². The topological polar surface area (TPSA) is 82.1 Å². The summed E-state index contributed by atoms with van der Waals surface area (Å²) in [6, 6.07) is 17.3. The lowest BCUT2D eigenvalue weighted by atomic mass is 9.77. The van der Waals surface area contributed by atoms with E-state index in [1.807, 2.05) is 47.4 Å². The van der Waals surface area contributed by atoms with E-state index >= 15 is 0 Å². The summed E-state index contributed by atoms with van der Waals surface area (Å²) in [4.78, 5) is 31.8. The zero-order valence-corrected chi connectivity index (χ0v) is 23.2. The molecule has 1 saturated carbocycles. The average Bonchev–Trinajstić information content (AvgIpc) is 2.94. The van der Waals surface area contributed by atoms with Crippen molar-refractivity contribution < 1.29 is 19.4 Å². The summed E-state index contributed by atoms with van der Waals surface area (Å²) in [5.74, 6) is 1.56. The van der Waals surface area contributed by atoms with Crippen LogP contribution in [0.2, 0.25) is 0 Å². The van der Waals surface area contributed by atoms with Gasteiger partial charge in [-0.3, -0.25) is 14.5 Å². The Morgan fingerprint density at radius 3 is 2.38 bits per heavy atom. The summed E-state index contributed by atoms with van der Waals surface area (Å²) in [5.41, 5.74) is -0.492. The van der Waals surface area contributed by atoms with Gasteiger partial charge in [-0.2, -0.15) is 0 Å². The summed E-state index contributed by atoms with van der Waals surface area (Å²) < 4.78 is 6.01. The van der Waals surface area contributed by atoms with Gasteiger partial charge in [-0.15, -0.1) is 0 Å². The Kier molecular flexibility index (Phi) is 8.57. The van der Waals surface area contributed by atoms with E-state index in [9.17, 15) is 14.7 Å². The number of carbonyl (C=O) groups is 2. The number of hydrogen-bond acceptors (Lipinski definition) is 5. The molecule has 2 N–H and O–H groups in total. The first kappa shape index (κ1) is 27.7. The van der Waals surface area contributed by atoms with Gasteiger partial charge in [-0.05, 0) is 61.9 Å². The number of hydrogen-bond donors (Lipinski definition) is 2. The van der Waals surface area contributed by atoms with Gasteiger partial charge in [0.2, 0.25) is 11.8 Å². The normalized spacial score (nSPS) is 23.0. The summed E-state index contributed by atoms with van der Waals surface area (Å²) in [6.07, 6.45) is 7.89. The van der Waals surface area contributed by atoms with Crippen molar-refractivity contribution in [2.24, 2.45) is 0 Å². The SMILES string of the molecule is CCCCN1C(=O)[C@@H](CC2(O)CCCCC2)NC(=O)C12CCN(Cc1cccc(Oc3ccccc3)c1)CC2. The summed E-state index contributed by atoms with van der Waals surface area (Å²) >= 11 is 0. The van der Waals surface area contributed by atoms with E-state index in [1.165, 1.54) is 0 Å². The molecular formula is C32H43N3O4. The zero-order valence-electron chi connectivity index (χ0n) is 23.2. The molecule has 2 heterocycles. The van der Waals surface area contributed by atoms with E-state index in [1.54, 1.807) is 0 Å². The van der Waals surface area contributed by atoms with Crippen molar-refractivity contribution in [3.63, 3.8) is 0 Å². The predicted molar refractivity (Wildman–Crippen MR) is 151 cm³/mol. The molecule has 1 spiro atoms. The van der Waals surface area contributed by atoms with Gasteiger partial charge in [-0.1, -0.05) is 62.9 Å². The van der Waals surface area contributed by atoms with E-state index in [4.69, 9.17) is 4.74 Å². The van der Waals surface area contributed by atoms with Gasteiger partial charge in [0.05, 0.1) is 5.60 Å². The summed E-state index contributed by atoms with van der Waals surface area (Å²) in [5, 5.41) is 14.2. The lowest BCUT2D eigenvalue weighted by Gasteiger charge is -2.52. The quantitative estimate of drug-likeness (QED) is 0.473. The van der Waals surface area contributed by atoms with Gasteiger partial charge in [-0.25, -0.2) is 0 Å². The van der Waals surface area contributed by atoms with Crippen LogP contribution >= 0.6 is 0 Å². The van der Waals surface area contributed by atoms with Crippen molar-refractivity contribution in [3.05, 3.63) is 60.2 Å². The van der Waals surface area contributed by atoms with Crippen molar-refractivity contribution in [1.29, 1.82) is 0 Å². The third kappa shape index (κ3) is 6.30. The third-order valence-electron chi connectivity index (χ3n) is 8.88. The van der Waals surface area contributed by atoms with Crippen LogP contribution in [0.4, 0.5) is 0 Å². The van der Waals surface area contributed by atoms with Crippen LogP contribution in [0.25, 0.3) is 0 Å². The standard InChI is InChI=1S/C32H43N3O4/c1-2-3-19-35-29(36)28(23-31(38)15-8-5-9-16-31)33-30(37)32(35)17-20-34(21-18-32)24-25-11-10-14-27(22-25)39-26-12-6-4-7-13-26/h4,6-7,10-14,22,28,38H,2-3,5,8-9,15-21,23-24H2,1H3,(H,33,37)/t28-/m1/s1. The van der Waals surface area contributed by atoms with Gasteiger partial charge in [0, 0.05) is 32.6 Å². The first-order valence-electron chi connectivity index (χ1n) is 14.8. The minimum atomic E-state index is -0.852. The lowest BCUT2D eigenvalue weighted by Crippen LogP contribution is -2.73. The molecule has 39 heavy (non-hydrogen) atoms. The van der Waals surface area contributed by atoms with E-state index in [0.717, 1.165) is 68.8 Å². The number of ether oxygens (including phenoxy) is 1. The smallest absolute Gasteiger partial charge is 0.246 e. The Bertz CT molecular complexity index is 1120. The fourth-order valence-electron chi connectivity index (χ4n) is 6.62. The Morgan fingerprint density at radius 2 is 1.67 bits per heavy atom. The van der Waals surface area contributed by atoms with Crippen molar-refractivity contribution in [2.75, 3.05) is 19.6 Å². The number of nitrogens with zero attached hydrogens (tertiary/aromatic N) is 2. The van der Waals surface area contributed by atoms with Crippen LogP contribution in [0, 0.1) is 0 Å². The summed E-state index contributed by atoms with van der Waals surface area (Å²) in [6.45, 7) is 4.95. The average molecular weight is 534 g/mol. The molecule has 0 radical (unpaired) electrons. The first-order valence-corrected chi connectivity index (χ1v) is 14.8. The molecule has 210 valence electrons. The van der Waals surface area contributed by atoms with Gasteiger partial charge < -0.3 is 20.1 Å². The van der Waals surface area contributed by atoms with E-state index in [2.05, 4.69) is 29.3 Å². The molecular weight excluding hydrogens is 490 g/mol. The molecule has 1 aliphatic carbocycles. The molecule has 2 aliphatic heterocycles. The van der Waals surface area contributed by atoms with Crippen LogP contribution in [0.1, 0.15) is 76.7 Å². The largest absolute Gasteiger partial charge is 0.457 e. The molecule has 2 aromatic rings. The lowest BCUT2D eigenvalue weighted by molar-refractivity contribution is -0.163. The Morgan fingerprint density at radius 1 is 0.949 bits per heavy atom. The molecule has 3 aliphatic rings. The highest BCUT2D eigenvalue weighted by atomic mass is 16.5. The number of carbonyl (C=O) groups excluding carboxylic acids is 2. The number of piperidine rings is 1. The number of likely N-dealkylation sites (tertiary alicyclic amines) is 1. The zero-order chi connectivity index (χ0) is 27.3. The highest BCUT2D eigenvalue weighted by Crippen LogP contribution is 2.37. The van der Waals surface area contributed by atoms with Crippen molar-refractivity contribution >= 4 is 11.8 Å². The van der Waals surface area contributed by atoms with Gasteiger partial charge in [0.1, 0.15) is 23.1 Å². The van der Waals surface area contributed by atoms with Crippen molar-refractivity contribution in [2.45, 2.75) is 94.9 Å². The molecule has 3 fully saturated rings. The maximum absolute atomic E-state index is 13.8. The molecule has 5 rings (SSSR count). The maximum Gasteiger partial charge on any atom is 0.246 e. The third-order valence-corrected chi connectivity index (χ3v) is 8.88. The second kappa shape index (κ2) is 12.1. The Balaban J connectivity index is 1.24. The number of rotatable bonds is 9. The maximum atomic E-state index is 13.8. The van der Waals surface area contributed by atoms with Crippen LogP contribution in [0.15, 0.2) is 54.6 Å². The molecule has 2 aromatic carbocycles. The molecule has 0 aromatic heterocycles. The minimum absolute atomic E-state index is 0.0127. The fourth-order valence-corrected chi connectivity index (χ4v) is 6.62. The van der Waals surface area contributed by atoms with Crippen molar-refractivity contribution in [1.82, 2.24) is 15.1 Å². The van der Waals surface area contributed by atoms with Gasteiger partial charge >= 0.3 is 0 Å². The summed E-state index contributed by atoms with van der Waals surface area (Å²) in [7, 11) is 0. The number of benzene rings is 2. The van der Waals surface area contributed by atoms with Crippen LogP contribution in [-0.2, 0) is 16.1 Å². The molecule has 7 heteroatoms. The molecule has 1 atom stereocenters. The second-order valence-corrected chi connectivity index (χ2v) is 11.7. The van der Waals surface area contributed by atoms with Crippen LogP contribution < -0.4 is 10.1 Å². The fraction of sp³-hybridized carbons (Fsp3) is 0.562. The molecule has 0 unspecified atom stereocenters. The van der Waals surface area contributed by atoms with Crippen LogP contribution in [0.5, 0.6) is 11.5 Å². The van der Waals surface area contributed by atoms with E-state index in [-0.39, 0.29) is 11.8 Å². The number of unbranched alkanes of at least 4 members (excludes halogenated alkanes) is 1. The number of nitrogens with one attached hydrogen (secondary N) is 1. The molecule has 0 bridgehead atoms. The highest BCUT2D eigenvalue weighted by Gasteiger charge is 2.54. The van der Waals surface area contributed by atoms with Gasteiger partial charge in [0.15, 0.2) is 0 Å². The molecule has 7 nitrogen and oxygen atoms in total. The second-order valence-electron chi connectivity index (χ2n) is 11.7. The Hall–Kier alpha value is -2.90. The first-order chi connectivity index (χ1) is 18.9. The predicted octanol–water partition coefficient (Wildman–Crippen LogP) is 5.03. The molecule has 2 amide bonds. The van der Waals surface area contributed by atoms with Gasteiger partial charge in [0.25, 0.3) is 0 Å². The number of para-hydroxylation sites is 1. The number of aliphatic hydroxyl groups is 1. The van der Waals surface area contributed by atoms with E-state index in [0.29, 0.717) is 38.6 Å². The minimum Gasteiger partial charge on any atom is -0.457 e. The van der Waals surface area contributed by atoms with Crippen molar-refractivity contribution in [3.8, 4) is 11.5 Å². The highest BCUT2D eigenvalue weighted by molar-refractivity contribution is 6.00. The monoisotopic (exact) mass is 533 g/mol. The van der Waals surface area contributed by atoms with Crippen LogP contribution in [-0.4, -0.2) is 63.5 Å². The van der Waals surface area contributed by atoms with E-state index < -0.39 is 17.2 Å². The number of amides is 2.